The Bertz CT molecular complexity index is 1560. The number of rotatable bonds is 4. The quantitative estimate of drug-likeness (QED) is 0.401. The molecule has 3 amide bonds. The number of esters is 1. The van der Waals surface area contributed by atoms with Gasteiger partial charge in [-0.3, -0.25) is 19.2 Å². The first-order valence-electron chi connectivity index (χ1n) is 15.5. The highest BCUT2D eigenvalue weighted by molar-refractivity contribution is 6.05. The molecule has 0 aliphatic carbocycles. The molecule has 0 saturated carbocycles. The lowest BCUT2D eigenvalue weighted by Crippen LogP contribution is -2.58. The first-order valence-corrected chi connectivity index (χ1v) is 15.5. The van der Waals surface area contributed by atoms with Crippen LogP contribution in [0.4, 0.5) is 5.69 Å². The molecule has 4 aliphatic rings. The zero-order chi connectivity index (χ0) is 31.9. The van der Waals surface area contributed by atoms with Gasteiger partial charge in [-0.2, -0.15) is 0 Å². The number of hydrogen-bond donors (Lipinski definition) is 2. The molecule has 2 aromatic rings. The maximum absolute atomic E-state index is 14.9. The Hall–Kier alpha value is -4.28. The molecule has 2 saturated heterocycles. The third kappa shape index (κ3) is 5.36. The Morgan fingerprint density at radius 2 is 1.82 bits per heavy atom. The fraction of sp³-hybridized carbons (Fsp3) is 0.429. The van der Waals surface area contributed by atoms with Crippen molar-refractivity contribution in [3.63, 3.8) is 0 Å². The number of ether oxygens (including phenoxy) is 2. The van der Waals surface area contributed by atoms with Gasteiger partial charge in [-0.05, 0) is 49.9 Å². The van der Waals surface area contributed by atoms with Gasteiger partial charge in [0.25, 0.3) is 5.91 Å². The average molecular weight is 614 g/mol. The summed E-state index contributed by atoms with van der Waals surface area (Å²) in [5.41, 5.74) is 1.79. The molecule has 0 aromatic heterocycles. The van der Waals surface area contributed by atoms with E-state index in [0.717, 1.165) is 11.1 Å². The molecule has 2 N–H and O–H groups in total. The number of likely N-dealkylation sites (tertiary alicyclic amines) is 1. The predicted molar refractivity (Wildman–Crippen MR) is 166 cm³/mol. The topological polar surface area (TPSA) is 125 Å². The van der Waals surface area contributed by atoms with Gasteiger partial charge in [0.2, 0.25) is 11.8 Å². The largest absolute Gasteiger partial charge is 0.455 e. The predicted octanol–water partition coefficient (Wildman–Crippen LogP) is 2.92. The van der Waals surface area contributed by atoms with E-state index < -0.39 is 53.6 Å². The Balaban J connectivity index is 1.46. The molecule has 5 bridgehead atoms. The molecule has 0 unspecified atom stereocenters. The van der Waals surface area contributed by atoms with Gasteiger partial charge in [0.15, 0.2) is 0 Å². The number of nitrogens with one attached hydrogen (secondary N) is 1. The molecule has 10 heteroatoms. The molecular formula is C35H39N3O7. The van der Waals surface area contributed by atoms with Crippen LogP contribution in [0.25, 0.3) is 0 Å². The highest BCUT2D eigenvalue weighted by Gasteiger charge is 2.74. The van der Waals surface area contributed by atoms with Crippen molar-refractivity contribution in [3.8, 4) is 0 Å². The van der Waals surface area contributed by atoms with E-state index in [2.05, 4.69) is 5.32 Å². The van der Waals surface area contributed by atoms with Crippen LogP contribution < -0.4 is 10.2 Å². The van der Waals surface area contributed by atoms with Crippen LogP contribution in [0.1, 0.15) is 42.6 Å². The van der Waals surface area contributed by atoms with Crippen molar-refractivity contribution in [1.29, 1.82) is 0 Å². The zero-order valence-corrected chi connectivity index (χ0v) is 25.7. The third-order valence-corrected chi connectivity index (χ3v) is 9.39. The normalized spacial score (nSPS) is 31.5. The number of benzene rings is 2. The number of carbonyl (C=O) groups is 4. The van der Waals surface area contributed by atoms with Crippen LogP contribution in [0.2, 0.25) is 0 Å². The second-order valence-corrected chi connectivity index (χ2v) is 12.4. The first-order chi connectivity index (χ1) is 21.7. The Labute approximate surface area is 262 Å². The number of amides is 3. The molecule has 10 nitrogen and oxygen atoms in total. The Kier molecular flexibility index (Phi) is 8.37. The van der Waals surface area contributed by atoms with Crippen LogP contribution in [-0.2, 0) is 28.7 Å². The maximum Gasteiger partial charge on any atom is 0.313 e. The van der Waals surface area contributed by atoms with Crippen LogP contribution in [0, 0.1) is 25.7 Å². The minimum atomic E-state index is -1.42. The minimum absolute atomic E-state index is 0.0608. The number of aliphatic hydroxyl groups is 1. The standard InChI is InChI=1S/C35H39N3O7/c1-21-13-14-22(2)25(18-21)37-17-9-5-8-12-28(40)36-19-27(24-10-6-4-7-11-24)44-34(43)29-26-15-16-35(45-26)30(29)32(41)38(23(3)20-39)31(35)33(37)42/h4-7,9-11,13-16,18,23,26-27,29-31,39H,8,12,17,19-20H2,1-3H3,(H,36,40)/b9-5-/t23-,26+,27+,29-,30-,31+,35-/m1/s1. The van der Waals surface area contributed by atoms with Crippen LogP contribution >= 0.6 is 0 Å². The average Bonchev–Trinajstić information content (AvgIpc) is 3.69. The number of anilines is 1. The number of aliphatic hydroxyl groups excluding tert-OH is 1. The summed E-state index contributed by atoms with van der Waals surface area (Å²) < 4.78 is 12.6. The van der Waals surface area contributed by atoms with Crippen LogP contribution in [-0.4, -0.2) is 77.2 Å². The van der Waals surface area contributed by atoms with Crippen molar-refractivity contribution in [2.24, 2.45) is 11.8 Å². The van der Waals surface area contributed by atoms with E-state index in [1.807, 2.05) is 74.5 Å². The lowest BCUT2D eigenvalue weighted by atomic mass is 9.74. The van der Waals surface area contributed by atoms with Crippen molar-refractivity contribution < 1.29 is 33.8 Å². The molecular weight excluding hydrogens is 574 g/mol. The summed E-state index contributed by atoms with van der Waals surface area (Å²) in [5.74, 6) is -3.70. The molecule has 0 radical (unpaired) electrons. The van der Waals surface area contributed by atoms with Crippen LogP contribution in [0.3, 0.4) is 0 Å². The summed E-state index contributed by atoms with van der Waals surface area (Å²) in [5, 5.41) is 13.1. The van der Waals surface area contributed by atoms with Gasteiger partial charge in [-0.1, -0.05) is 66.8 Å². The number of allylic oxidation sites excluding steroid dienone is 1. The van der Waals surface area contributed by atoms with Crippen molar-refractivity contribution in [3.05, 3.63) is 89.5 Å². The molecule has 45 heavy (non-hydrogen) atoms. The highest BCUT2D eigenvalue weighted by atomic mass is 16.6. The summed E-state index contributed by atoms with van der Waals surface area (Å²) in [6, 6.07) is 13.1. The molecule has 236 valence electrons. The highest BCUT2D eigenvalue weighted by Crippen LogP contribution is 2.56. The Morgan fingerprint density at radius 3 is 2.58 bits per heavy atom. The number of nitrogens with zero attached hydrogens (tertiary/aromatic N) is 2. The molecule has 4 aliphatic heterocycles. The SMILES string of the molecule is Cc1ccc(C)c(N2C/C=C\CCC(=O)NC[C@@H](c3ccccc3)OC(=O)[C@@H]3[C@@H]4C=C[C@]5(O4)[C@H](C2=O)N([C@H](C)CO)C(=O)[C@@H]35)c1. The molecule has 6 rings (SSSR count). The van der Waals surface area contributed by atoms with Crippen molar-refractivity contribution in [1.82, 2.24) is 10.2 Å². The maximum atomic E-state index is 14.9. The molecule has 7 atom stereocenters. The summed E-state index contributed by atoms with van der Waals surface area (Å²) >= 11 is 0. The summed E-state index contributed by atoms with van der Waals surface area (Å²) in [7, 11) is 0. The van der Waals surface area contributed by atoms with Gasteiger partial charge >= 0.3 is 5.97 Å². The number of hydrogen-bond acceptors (Lipinski definition) is 7. The number of aryl methyl sites for hydroxylation is 2. The van der Waals surface area contributed by atoms with E-state index in [9.17, 15) is 24.3 Å². The number of carbonyl (C=O) groups excluding carboxylic acids is 4. The fourth-order valence-corrected chi connectivity index (χ4v) is 7.11. The molecule has 2 fully saturated rings. The second-order valence-electron chi connectivity index (χ2n) is 12.4. The van der Waals surface area contributed by atoms with Gasteiger partial charge in [-0.25, -0.2) is 0 Å². The summed E-state index contributed by atoms with van der Waals surface area (Å²) in [4.78, 5) is 59.0. The van der Waals surface area contributed by atoms with Gasteiger partial charge in [0.1, 0.15) is 23.7 Å². The van der Waals surface area contributed by atoms with E-state index in [-0.39, 0.29) is 37.9 Å². The van der Waals surface area contributed by atoms with Crippen LogP contribution in [0.5, 0.6) is 0 Å². The molecule has 1 spiro atoms. The lowest BCUT2D eigenvalue weighted by molar-refractivity contribution is -0.160. The van der Waals surface area contributed by atoms with Gasteiger partial charge < -0.3 is 29.7 Å². The first kappa shape index (κ1) is 30.7. The van der Waals surface area contributed by atoms with E-state index >= 15 is 0 Å². The fourth-order valence-electron chi connectivity index (χ4n) is 7.11. The molecule has 2 aromatic carbocycles. The lowest BCUT2D eigenvalue weighted by Gasteiger charge is -2.38. The smallest absolute Gasteiger partial charge is 0.313 e. The van der Waals surface area contributed by atoms with Gasteiger partial charge in [0, 0.05) is 18.7 Å². The number of cyclic esters (lactones) is 1. The van der Waals surface area contributed by atoms with Gasteiger partial charge in [0.05, 0.1) is 31.2 Å². The van der Waals surface area contributed by atoms with Crippen molar-refractivity contribution in [2.75, 3.05) is 24.6 Å². The van der Waals surface area contributed by atoms with E-state index in [1.54, 1.807) is 24.0 Å². The van der Waals surface area contributed by atoms with Gasteiger partial charge in [-0.15, -0.1) is 0 Å². The minimum Gasteiger partial charge on any atom is -0.455 e. The molecule has 4 heterocycles. The van der Waals surface area contributed by atoms with E-state index in [1.165, 1.54) is 4.90 Å². The van der Waals surface area contributed by atoms with E-state index in [0.29, 0.717) is 17.7 Å². The number of fused-ring (bicyclic) bond motifs is 2. The van der Waals surface area contributed by atoms with Crippen molar-refractivity contribution in [2.45, 2.75) is 63.5 Å². The van der Waals surface area contributed by atoms with E-state index in [4.69, 9.17) is 9.47 Å². The Morgan fingerprint density at radius 1 is 1.04 bits per heavy atom. The monoisotopic (exact) mass is 613 g/mol. The summed E-state index contributed by atoms with van der Waals surface area (Å²) in [6.07, 6.45) is 6.28. The zero-order valence-electron chi connectivity index (χ0n) is 25.7. The third-order valence-electron chi connectivity index (χ3n) is 9.39. The van der Waals surface area contributed by atoms with Crippen LogP contribution in [0.15, 0.2) is 72.8 Å². The van der Waals surface area contributed by atoms with Crippen molar-refractivity contribution >= 4 is 29.4 Å². The summed E-state index contributed by atoms with van der Waals surface area (Å²) in [6.45, 7) is 5.41. The second kappa shape index (κ2) is 12.3.